The molecule has 0 heterocycles. The van der Waals surface area contributed by atoms with Crippen molar-refractivity contribution in [2.75, 3.05) is 0 Å². The van der Waals surface area contributed by atoms with Crippen molar-refractivity contribution in [3.63, 3.8) is 0 Å². The minimum atomic E-state index is 0. The maximum Gasteiger partial charge on any atom is 3.00 e. The average molecular weight is 214 g/mol. The van der Waals surface area contributed by atoms with Gasteiger partial charge in [0.15, 0.2) is 0 Å². The van der Waals surface area contributed by atoms with Gasteiger partial charge in [0.2, 0.25) is 0 Å². The predicted octanol–water partition coefficient (Wildman–Crippen LogP) is 3.07. The molecule has 0 aromatic heterocycles. The van der Waals surface area contributed by atoms with E-state index >= 15 is 0 Å². The largest absolute Gasteiger partial charge is 3.00 e. The zero-order valence-electron chi connectivity index (χ0n) is 6.79. The van der Waals surface area contributed by atoms with Gasteiger partial charge < -0.3 is 14.9 Å². The molecule has 1 radical (unpaired) electrons. The molecular weight excluding hydrogens is 197 g/mol. The molecule has 0 nitrogen and oxygen atoms in total. The molecule has 0 aromatic rings. The molecule has 9 heavy (non-hydrogen) atoms. The summed E-state index contributed by atoms with van der Waals surface area (Å²) in [5.41, 5.74) is 0. The molecule has 0 saturated carbocycles. The van der Waals surface area contributed by atoms with E-state index in [0.717, 1.165) is 6.42 Å². The van der Waals surface area contributed by atoms with Crippen LogP contribution >= 0.6 is 0 Å². The van der Waals surface area contributed by atoms with Gasteiger partial charge in [-0.3, -0.25) is 0 Å². The number of allylic oxidation sites excluding steroid dienone is 2. The molecule has 0 unspecified atom stereocenters. The first-order chi connectivity index (χ1) is 2.91. The van der Waals surface area contributed by atoms with E-state index in [2.05, 4.69) is 19.1 Å². The molecular formula is C8H17Ru. The van der Waals surface area contributed by atoms with Gasteiger partial charge in [0.25, 0.3) is 0 Å². The molecule has 0 saturated heterocycles. The minimum absolute atomic E-state index is 0. The molecule has 0 aliphatic carbocycles. The van der Waals surface area contributed by atoms with Crippen LogP contribution in [0.5, 0.6) is 0 Å². The summed E-state index contributed by atoms with van der Waals surface area (Å²) in [4.78, 5) is 0. The Morgan fingerprint density at radius 3 is 1.89 bits per heavy atom. The summed E-state index contributed by atoms with van der Waals surface area (Å²) in [7, 11) is 0. The van der Waals surface area contributed by atoms with E-state index < -0.39 is 0 Å². The van der Waals surface area contributed by atoms with Crippen LogP contribution in [-0.2, 0) is 19.5 Å². The van der Waals surface area contributed by atoms with Gasteiger partial charge in [0, 0.05) is 0 Å². The molecule has 0 amide bonds. The van der Waals surface area contributed by atoms with Crippen LogP contribution in [0.4, 0.5) is 0 Å². The van der Waals surface area contributed by atoms with Crippen LogP contribution in [0.15, 0.2) is 12.2 Å². The van der Waals surface area contributed by atoms with Gasteiger partial charge >= 0.3 is 19.5 Å². The minimum Gasteiger partial charge on any atom is -0.358 e. The van der Waals surface area contributed by atoms with Crippen LogP contribution in [0.2, 0.25) is 0 Å². The molecule has 0 rings (SSSR count). The maximum absolute atomic E-state index is 2.12. The second kappa shape index (κ2) is 24.0. The van der Waals surface area contributed by atoms with E-state index in [1.165, 1.54) is 0 Å². The normalized spacial score (nSPS) is 6.44. The van der Waals surface area contributed by atoms with Gasteiger partial charge in [-0.2, -0.15) is 0 Å². The number of hydrogen-bond acceptors (Lipinski definition) is 0. The van der Waals surface area contributed by atoms with Crippen molar-refractivity contribution in [2.24, 2.45) is 0 Å². The van der Waals surface area contributed by atoms with Gasteiger partial charge in [-0.1, -0.05) is 6.92 Å². The van der Waals surface area contributed by atoms with Gasteiger partial charge in [-0.15, -0.1) is 13.3 Å². The summed E-state index contributed by atoms with van der Waals surface area (Å²) < 4.78 is 0. The van der Waals surface area contributed by atoms with Crippen molar-refractivity contribution in [1.29, 1.82) is 0 Å². The van der Waals surface area contributed by atoms with Gasteiger partial charge in [0.1, 0.15) is 0 Å². The third kappa shape index (κ3) is 30.6. The fraction of sp³-hybridized carbons (Fsp3) is 0.375. The molecule has 0 bridgehead atoms. The molecule has 0 aliphatic heterocycles. The Kier molecular flexibility index (Phi) is 61.0. The Morgan fingerprint density at radius 1 is 1.33 bits per heavy atom. The summed E-state index contributed by atoms with van der Waals surface area (Å²) in [6, 6.07) is 0. The SMILES string of the molecule is C[CH-]/C=C\CC.[CH3-].[CH3-].[Ru+3]. The molecule has 57 valence electrons. The standard InChI is InChI=1S/C6H11.2CH3.Ru/c1-3-5-6-4-2;;;/h3,5-6H,4H2,1-2H3;2*1H3;/q3*-1;+3/b6-5-;;;. The smallest absolute Gasteiger partial charge is 0.358 e. The summed E-state index contributed by atoms with van der Waals surface area (Å²) >= 11 is 0. The molecule has 0 atom stereocenters. The second-order valence-corrected chi connectivity index (χ2v) is 1.17. The van der Waals surface area contributed by atoms with Crippen LogP contribution in [0.25, 0.3) is 0 Å². The molecule has 0 aliphatic rings. The van der Waals surface area contributed by atoms with Crippen molar-refractivity contribution >= 4 is 0 Å². The third-order valence-corrected chi connectivity index (χ3v) is 0.564. The topological polar surface area (TPSA) is 0 Å². The Labute approximate surface area is 73.5 Å². The van der Waals surface area contributed by atoms with E-state index in [1.54, 1.807) is 0 Å². The maximum atomic E-state index is 2.12. The summed E-state index contributed by atoms with van der Waals surface area (Å²) in [6.07, 6.45) is 7.36. The van der Waals surface area contributed by atoms with Crippen LogP contribution in [0, 0.1) is 21.3 Å². The van der Waals surface area contributed by atoms with Crippen LogP contribution in [-0.4, -0.2) is 0 Å². The Bertz CT molecular complexity index is 33.8. The quantitative estimate of drug-likeness (QED) is 0.489. The van der Waals surface area contributed by atoms with E-state index in [0.29, 0.717) is 0 Å². The van der Waals surface area contributed by atoms with Crippen molar-refractivity contribution in [1.82, 2.24) is 0 Å². The fourth-order valence-corrected chi connectivity index (χ4v) is 0.272. The summed E-state index contributed by atoms with van der Waals surface area (Å²) in [5, 5.41) is 0. The van der Waals surface area contributed by atoms with Crippen molar-refractivity contribution in [3.05, 3.63) is 33.4 Å². The first-order valence-electron chi connectivity index (χ1n) is 2.36. The molecule has 0 spiro atoms. The molecule has 0 fully saturated rings. The van der Waals surface area contributed by atoms with Gasteiger partial charge in [0.05, 0.1) is 0 Å². The number of hydrogen-bond donors (Lipinski definition) is 0. The second-order valence-electron chi connectivity index (χ2n) is 1.17. The van der Waals surface area contributed by atoms with Crippen molar-refractivity contribution in [3.8, 4) is 0 Å². The predicted molar refractivity (Wildman–Crippen MR) is 42.2 cm³/mol. The van der Waals surface area contributed by atoms with E-state index in [4.69, 9.17) is 0 Å². The third-order valence-electron chi connectivity index (χ3n) is 0.564. The fourth-order valence-electron chi connectivity index (χ4n) is 0.272. The molecule has 0 aromatic carbocycles. The Hall–Kier alpha value is 0.233. The first-order valence-corrected chi connectivity index (χ1v) is 2.36. The van der Waals surface area contributed by atoms with Gasteiger partial charge in [-0.25, -0.2) is 18.6 Å². The first kappa shape index (κ1) is 22.9. The zero-order chi connectivity index (χ0) is 4.83. The van der Waals surface area contributed by atoms with Gasteiger partial charge in [-0.05, 0) is 0 Å². The molecule has 0 N–H and O–H groups in total. The summed E-state index contributed by atoms with van der Waals surface area (Å²) in [5.74, 6) is 0. The van der Waals surface area contributed by atoms with Crippen LogP contribution in [0.3, 0.4) is 0 Å². The van der Waals surface area contributed by atoms with Crippen molar-refractivity contribution in [2.45, 2.75) is 20.3 Å². The molecule has 1 heteroatoms. The Morgan fingerprint density at radius 2 is 1.78 bits per heavy atom. The summed E-state index contributed by atoms with van der Waals surface area (Å²) in [6.45, 7) is 4.14. The van der Waals surface area contributed by atoms with E-state index in [9.17, 15) is 0 Å². The zero-order valence-corrected chi connectivity index (χ0v) is 8.53. The van der Waals surface area contributed by atoms with Crippen LogP contribution in [0.1, 0.15) is 20.3 Å². The van der Waals surface area contributed by atoms with E-state index in [-0.39, 0.29) is 34.3 Å². The monoisotopic (exact) mass is 215 g/mol. The Balaban J connectivity index is -0.0000000417. The number of rotatable bonds is 2. The average Bonchev–Trinajstić information content (AvgIpc) is 1.61. The van der Waals surface area contributed by atoms with Crippen LogP contribution < -0.4 is 0 Å². The van der Waals surface area contributed by atoms with Crippen molar-refractivity contribution < 1.29 is 19.5 Å². The van der Waals surface area contributed by atoms with E-state index in [1.807, 2.05) is 13.3 Å².